The minimum absolute atomic E-state index is 0.509. The van der Waals surface area contributed by atoms with Crippen molar-refractivity contribution in [2.24, 2.45) is 0 Å². The van der Waals surface area contributed by atoms with Gasteiger partial charge in [-0.3, -0.25) is 0 Å². The van der Waals surface area contributed by atoms with Crippen molar-refractivity contribution in [1.29, 1.82) is 0 Å². The van der Waals surface area contributed by atoms with Gasteiger partial charge >= 0.3 is 0 Å². The van der Waals surface area contributed by atoms with Gasteiger partial charge in [0.2, 0.25) is 0 Å². The molecule has 0 fully saturated rings. The fourth-order valence-corrected chi connectivity index (χ4v) is 1.16. The maximum atomic E-state index is 5.54. The van der Waals surface area contributed by atoms with Crippen molar-refractivity contribution in [3.8, 4) is 0 Å². The average Bonchev–Trinajstić information content (AvgIpc) is 2.69. The van der Waals surface area contributed by atoms with E-state index in [4.69, 9.17) is 13.9 Å². The second-order valence-electron chi connectivity index (χ2n) is 3.19. The van der Waals surface area contributed by atoms with Crippen LogP contribution in [0.2, 0.25) is 0 Å². The van der Waals surface area contributed by atoms with Crippen LogP contribution < -0.4 is 5.32 Å². The molecule has 86 valence electrons. The number of ether oxygens (including phenoxy) is 2. The summed E-state index contributed by atoms with van der Waals surface area (Å²) in [6, 6.07) is 3.91. The van der Waals surface area contributed by atoms with Crippen LogP contribution in [0.15, 0.2) is 16.5 Å². The molecule has 15 heavy (non-hydrogen) atoms. The van der Waals surface area contributed by atoms with Crippen molar-refractivity contribution in [2.45, 2.75) is 20.1 Å². The third-order valence-electron chi connectivity index (χ3n) is 1.94. The lowest BCUT2D eigenvalue weighted by Gasteiger charge is -2.01. The van der Waals surface area contributed by atoms with E-state index in [0.29, 0.717) is 19.8 Å². The van der Waals surface area contributed by atoms with Crippen LogP contribution in [-0.2, 0) is 22.6 Å². The van der Waals surface area contributed by atoms with Gasteiger partial charge in [0, 0.05) is 7.11 Å². The standard InChI is InChI=1S/C11H19NO3/c1-3-12-8-10-4-5-11(15-10)9-14-7-6-13-2/h4-5,12H,3,6-9H2,1-2H3. The summed E-state index contributed by atoms with van der Waals surface area (Å²) in [6.07, 6.45) is 0. The zero-order valence-corrected chi connectivity index (χ0v) is 9.41. The summed E-state index contributed by atoms with van der Waals surface area (Å²) in [4.78, 5) is 0. The summed E-state index contributed by atoms with van der Waals surface area (Å²) < 4.78 is 15.7. The first-order valence-corrected chi connectivity index (χ1v) is 5.21. The monoisotopic (exact) mass is 213 g/mol. The normalized spacial score (nSPS) is 10.8. The third kappa shape index (κ3) is 4.97. The first-order valence-electron chi connectivity index (χ1n) is 5.21. The number of hydrogen-bond donors (Lipinski definition) is 1. The molecule has 0 atom stereocenters. The Labute approximate surface area is 90.6 Å². The lowest BCUT2D eigenvalue weighted by atomic mass is 10.4. The Balaban J connectivity index is 2.20. The lowest BCUT2D eigenvalue weighted by Crippen LogP contribution is -2.10. The van der Waals surface area contributed by atoms with Gasteiger partial charge < -0.3 is 19.2 Å². The minimum Gasteiger partial charge on any atom is -0.462 e. The van der Waals surface area contributed by atoms with Crippen LogP contribution in [0.5, 0.6) is 0 Å². The largest absolute Gasteiger partial charge is 0.462 e. The van der Waals surface area contributed by atoms with Gasteiger partial charge in [-0.2, -0.15) is 0 Å². The molecule has 0 aliphatic rings. The van der Waals surface area contributed by atoms with Gasteiger partial charge in [0.05, 0.1) is 19.8 Å². The number of furan rings is 1. The fourth-order valence-electron chi connectivity index (χ4n) is 1.16. The smallest absolute Gasteiger partial charge is 0.129 e. The molecule has 0 spiro atoms. The molecule has 0 aromatic carbocycles. The van der Waals surface area contributed by atoms with E-state index in [-0.39, 0.29) is 0 Å². The number of nitrogens with one attached hydrogen (secondary N) is 1. The van der Waals surface area contributed by atoms with E-state index in [1.807, 2.05) is 12.1 Å². The van der Waals surface area contributed by atoms with Crippen molar-refractivity contribution in [2.75, 3.05) is 26.9 Å². The van der Waals surface area contributed by atoms with Crippen LogP contribution >= 0.6 is 0 Å². The van der Waals surface area contributed by atoms with Gasteiger partial charge in [-0.25, -0.2) is 0 Å². The molecule has 1 heterocycles. The molecular formula is C11H19NO3. The molecule has 1 N–H and O–H groups in total. The Kier molecular flexibility index (Phi) is 6.08. The highest BCUT2D eigenvalue weighted by Gasteiger charge is 2.01. The van der Waals surface area contributed by atoms with Crippen LogP contribution in [0.25, 0.3) is 0 Å². The summed E-state index contributed by atoms with van der Waals surface area (Å²) in [6.45, 7) is 5.51. The molecule has 0 amide bonds. The summed E-state index contributed by atoms with van der Waals surface area (Å²) in [7, 11) is 1.66. The van der Waals surface area contributed by atoms with Crippen LogP contribution in [0.1, 0.15) is 18.4 Å². The molecule has 1 aromatic rings. The molecule has 1 aromatic heterocycles. The predicted octanol–water partition coefficient (Wildman–Crippen LogP) is 1.55. The summed E-state index contributed by atoms with van der Waals surface area (Å²) >= 11 is 0. The van der Waals surface area contributed by atoms with E-state index in [0.717, 1.165) is 24.6 Å². The van der Waals surface area contributed by atoms with Crippen molar-refractivity contribution in [1.82, 2.24) is 5.32 Å². The van der Waals surface area contributed by atoms with E-state index in [1.165, 1.54) is 0 Å². The molecule has 0 radical (unpaired) electrons. The van der Waals surface area contributed by atoms with E-state index in [2.05, 4.69) is 12.2 Å². The number of hydrogen-bond acceptors (Lipinski definition) is 4. The van der Waals surface area contributed by atoms with E-state index in [1.54, 1.807) is 7.11 Å². The third-order valence-corrected chi connectivity index (χ3v) is 1.94. The van der Waals surface area contributed by atoms with Crippen LogP contribution in [0, 0.1) is 0 Å². The molecule has 0 aliphatic heterocycles. The van der Waals surface area contributed by atoms with Crippen molar-refractivity contribution in [3.05, 3.63) is 23.7 Å². The van der Waals surface area contributed by atoms with Gasteiger partial charge in [-0.15, -0.1) is 0 Å². The van der Waals surface area contributed by atoms with E-state index >= 15 is 0 Å². The molecule has 1 rings (SSSR count). The van der Waals surface area contributed by atoms with E-state index < -0.39 is 0 Å². The molecule has 0 saturated carbocycles. The molecule has 0 aliphatic carbocycles. The lowest BCUT2D eigenvalue weighted by molar-refractivity contribution is 0.0533. The van der Waals surface area contributed by atoms with Crippen molar-refractivity contribution < 1.29 is 13.9 Å². The van der Waals surface area contributed by atoms with Gasteiger partial charge in [0.1, 0.15) is 18.1 Å². The second-order valence-corrected chi connectivity index (χ2v) is 3.19. The second kappa shape index (κ2) is 7.45. The predicted molar refractivity (Wildman–Crippen MR) is 57.6 cm³/mol. The Morgan fingerprint density at radius 2 is 2.07 bits per heavy atom. The Morgan fingerprint density at radius 3 is 2.80 bits per heavy atom. The average molecular weight is 213 g/mol. The quantitative estimate of drug-likeness (QED) is 0.665. The van der Waals surface area contributed by atoms with Crippen molar-refractivity contribution >= 4 is 0 Å². The number of rotatable bonds is 8. The van der Waals surface area contributed by atoms with Crippen LogP contribution in [0.4, 0.5) is 0 Å². The molecule has 4 heteroatoms. The molecular weight excluding hydrogens is 194 g/mol. The van der Waals surface area contributed by atoms with E-state index in [9.17, 15) is 0 Å². The zero-order valence-electron chi connectivity index (χ0n) is 9.41. The maximum absolute atomic E-state index is 5.54. The highest BCUT2D eigenvalue weighted by atomic mass is 16.5. The van der Waals surface area contributed by atoms with Crippen LogP contribution in [-0.4, -0.2) is 26.9 Å². The highest BCUT2D eigenvalue weighted by molar-refractivity contribution is 5.06. The summed E-state index contributed by atoms with van der Waals surface area (Å²) in [5, 5.41) is 3.20. The highest BCUT2D eigenvalue weighted by Crippen LogP contribution is 2.08. The molecule has 0 unspecified atom stereocenters. The Bertz CT molecular complexity index is 260. The fraction of sp³-hybridized carbons (Fsp3) is 0.636. The first-order chi connectivity index (χ1) is 7.36. The van der Waals surface area contributed by atoms with Crippen LogP contribution in [0.3, 0.4) is 0 Å². The van der Waals surface area contributed by atoms with Gasteiger partial charge in [0.15, 0.2) is 0 Å². The summed E-state index contributed by atoms with van der Waals surface area (Å²) in [5.41, 5.74) is 0. The van der Waals surface area contributed by atoms with Crippen molar-refractivity contribution in [3.63, 3.8) is 0 Å². The topological polar surface area (TPSA) is 43.6 Å². The van der Waals surface area contributed by atoms with Gasteiger partial charge in [0.25, 0.3) is 0 Å². The molecule has 0 saturated heterocycles. The first kappa shape index (κ1) is 12.2. The molecule has 4 nitrogen and oxygen atoms in total. The van der Waals surface area contributed by atoms with Gasteiger partial charge in [-0.05, 0) is 18.7 Å². The minimum atomic E-state index is 0.509. The maximum Gasteiger partial charge on any atom is 0.129 e. The molecule has 0 bridgehead atoms. The Morgan fingerprint density at radius 1 is 1.27 bits per heavy atom. The number of methoxy groups -OCH3 is 1. The zero-order chi connectivity index (χ0) is 10.9. The Hall–Kier alpha value is -0.840. The van der Waals surface area contributed by atoms with Gasteiger partial charge in [-0.1, -0.05) is 6.92 Å². The summed E-state index contributed by atoms with van der Waals surface area (Å²) in [5.74, 6) is 1.81. The SMILES string of the molecule is CCNCc1ccc(COCCOC)o1.